The van der Waals surface area contributed by atoms with Crippen LogP contribution < -0.4 is 5.32 Å². The van der Waals surface area contributed by atoms with Crippen molar-refractivity contribution in [3.63, 3.8) is 0 Å². The summed E-state index contributed by atoms with van der Waals surface area (Å²) in [6, 6.07) is 3.76. The number of hydrogen-bond acceptors (Lipinski definition) is 6. The van der Waals surface area contributed by atoms with Crippen molar-refractivity contribution in [2.75, 3.05) is 20.3 Å². The van der Waals surface area contributed by atoms with E-state index in [2.05, 4.69) is 47.3 Å². The highest BCUT2D eigenvalue weighted by molar-refractivity contribution is 6.29. The largest absolute Gasteiger partial charge is 0.383 e. The maximum absolute atomic E-state index is 5.98. The van der Waals surface area contributed by atoms with Crippen LogP contribution in [0.25, 0.3) is 5.57 Å². The highest BCUT2D eigenvalue weighted by atomic mass is 35.5. The number of nitrogens with one attached hydrogen (secondary N) is 1. The van der Waals surface area contributed by atoms with Gasteiger partial charge in [0, 0.05) is 25.1 Å². The summed E-state index contributed by atoms with van der Waals surface area (Å²) in [5, 5.41) is 8.03. The average Bonchev–Trinajstić information content (AvgIpc) is 3.20. The van der Waals surface area contributed by atoms with Gasteiger partial charge >= 0.3 is 0 Å². The molecule has 1 aliphatic rings. The zero-order valence-electron chi connectivity index (χ0n) is 17.9. The molecule has 8 heteroatoms. The predicted octanol–water partition coefficient (Wildman–Crippen LogP) is 4.41. The molecule has 2 aromatic heterocycles. The molecule has 0 aliphatic carbocycles. The fourth-order valence-corrected chi connectivity index (χ4v) is 3.32. The van der Waals surface area contributed by atoms with Crippen molar-refractivity contribution < 1.29 is 9.26 Å². The van der Waals surface area contributed by atoms with Crippen molar-refractivity contribution in [1.82, 2.24) is 20.4 Å². The van der Waals surface area contributed by atoms with Gasteiger partial charge in [-0.3, -0.25) is 4.99 Å². The molecule has 0 saturated carbocycles. The molecule has 0 fully saturated rings. The molecular formula is C22H28ClN5O2. The van der Waals surface area contributed by atoms with E-state index < -0.39 is 5.41 Å². The van der Waals surface area contributed by atoms with Crippen molar-refractivity contribution in [3.8, 4) is 0 Å². The van der Waals surface area contributed by atoms with Crippen LogP contribution in [0.15, 0.2) is 46.2 Å². The van der Waals surface area contributed by atoms with Gasteiger partial charge in [-0.2, -0.15) is 4.98 Å². The van der Waals surface area contributed by atoms with Crippen molar-refractivity contribution in [1.29, 1.82) is 0 Å². The summed E-state index contributed by atoms with van der Waals surface area (Å²) in [6.45, 7) is 7.55. The third-order valence-electron chi connectivity index (χ3n) is 5.47. The first kappa shape index (κ1) is 22.2. The molecule has 0 bridgehead atoms. The number of pyridine rings is 1. The fourth-order valence-electron chi connectivity index (χ4n) is 3.21. The summed E-state index contributed by atoms with van der Waals surface area (Å²) in [7, 11) is 1.66. The minimum Gasteiger partial charge on any atom is -0.383 e. The number of halogens is 1. The Hall–Kier alpha value is -2.51. The Morgan fingerprint density at radius 3 is 2.90 bits per heavy atom. The fraction of sp³-hybridized carbons (Fsp3) is 0.455. The third kappa shape index (κ3) is 4.96. The second-order valence-electron chi connectivity index (χ2n) is 7.66. The molecule has 1 atom stereocenters. The first-order valence-electron chi connectivity index (χ1n) is 10.1. The van der Waals surface area contributed by atoms with Crippen LogP contribution in [0.5, 0.6) is 0 Å². The van der Waals surface area contributed by atoms with E-state index in [0.717, 1.165) is 29.8 Å². The summed E-state index contributed by atoms with van der Waals surface area (Å²) >= 11 is 5.98. The Labute approximate surface area is 182 Å². The highest BCUT2D eigenvalue weighted by Gasteiger charge is 2.38. The van der Waals surface area contributed by atoms with E-state index in [-0.39, 0.29) is 5.92 Å². The van der Waals surface area contributed by atoms with Gasteiger partial charge in [0.2, 0.25) is 0 Å². The molecule has 0 spiro atoms. The van der Waals surface area contributed by atoms with Crippen molar-refractivity contribution >= 4 is 23.0 Å². The van der Waals surface area contributed by atoms with E-state index in [1.807, 2.05) is 18.3 Å². The summed E-state index contributed by atoms with van der Waals surface area (Å²) in [5.41, 5.74) is 1.48. The van der Waals surface area contributed by atoms with Crippen LogP contribution in [0.1, 0.15) is 50.9 Å². The van der Waals surface area contributed by atoms with Gasteiger partial charge in [-0.05, 0) is 43.4 Å². The van der Waals surface area contributed by atoms with Crippen LogP contribution in [0, 0.1) is 5.92 Å². The first-order chi connectivity index (χ1) is 14.4. The van der Waals surface area contributed by atoms with Crippen molar-refractivity contribution in [2.24, 2.45) is 10.9 Å². The van der Waals surface area contributed by atoms with Gasteiger partial charge in [-0.25, -0.2) is 4.98 Å². The second kappa shape index (κ2) is 10.00. The zero-order chi connectivity index (χ0) is 21.6. The zero-order valence-corrected chi connectivity index (χ0v) is 18.6. The van der Waals surface area contributed by atoms with Gasteiger partial charge in [0.15, 0.2) is 5.82 Å². The van der Waals surface area contributed by atoms with E-state index in [9.17, 15) is 0 Å². The van der Waals surface area contributed by atoms with Gasteiger partial charge in [0.1, 0.15) is 11.0 Å². The van der Waals surface area contributed by atoms with Crippen molar-refractivity contribution in [2.45, 2.75) is 39.0 Å². The first-order valence-corrected chi connectivity index (χ1v) is 10.4. The van der Waals surface area contributed by atoms with Gasteiger partial charge in [0.25, 0.3) is 5.89 Å². The van der Waals surface area contributed by atoms with E-state index in [1.165, 1.54) is 0 Å². The Morgan fingerprint density at radius 2 is 2.20 bits per heavy atom. The van der Waals surface area contributed by atoms with E-state index >= 15 is 0 Å². The van der Waals surface area contributed by atoms with E-state index in [4.69, 9.17) is 25.8 Å². The molecule has 160 valence electrons. The summed E-state index contributed by atoms with van der Waals surface area (Å²) in [5.74, 6) is 2.14. The van der Waals surface area contributed by atoms with Gasteiger partial charge in [0.05, 0.1) is 18.6 Å². The van der Waals surface area contributed by atoms with Gasteiger partial charge < -0.3 is 14.6 Å². The molecule has 3 rings (SSSR count). The molecule has 0 amide bonds. The Kier molecular flexibility index (Phi) is 7.39. The summed E-state index contributed by atoms with van der Waals surface area (Å²) in [4.78, 5) is 13.5. The topological polar surface area (TPSA) is 85.4 Å². The van der Waals surface area contributed by atoms with Crippen LogP contribution in [0.2, 0.25) is 5.15 Å². The lowest BCUT2D eigenvalue weighted by atomic mass is 9.73. The normalized spacial score (nSPS) is 17.9. The van der Waals surface area contributed by atoms with E-state index in [1.54, 1.807) is 19.4 Å². The number of hydrogen-bond donors (Lipinski definition) is 1. The second-order valence-corrected chi connectivity index (χ2v) is 8.05. The number of amidine groups is 1. The number of methoxy groups -OCH3 is 1. The highest BCUT2D eigenvalue weighted by Crippen LogP contribution is 2.37. The Morgan fingerprint density at radius 1 is 1.37 bits per heavy atom. The minimum absolute atomic E-state index is 0.220. The summed E-state index contributed by atoms with van der Waals surface area (Å²) in [6.07, 6.45) is 9.38. The molecule has 0 aromatic carbocycles. The lowest BCUT2D eigenvalue weighted by Gasteiger charge is -2.30. The molecule has 1 aliphatic heterocycles. The van der Waals surface area contributed by atoms with Crippen LogP contribution in [-0.2, 0) is 10.2 Å². The van der Waals surface area contributed by atoms with Crippen LogP contribution in [0.4, 0.5) is 0 Å². The maximum Gasteiger partial charge on any atom is 0.255 e. The molecule has 30 heavy (non-hydrogen) atoms. The quantitative estimate of drug-likeness (QED) is 0.518. The van der Waals surface area contributed by atoms with Crippen LogP contribution in [0.3, 0.4) is 0 Å². The van der Waals surface area contributed by atoms with Crippen LogP contribution in [-0.4, -0.2) is 41.2 Å². The number of ether oxygens (including phenoxy) is 1. The maximum atomic E-state index is 5.98. The molecule has 2 aromatic rings. The molecule has 1 N–H and O–H groups in total. The minimum atomic E-state index is -0.457. The Bertz CT molecular complexity index is 933. The molecular weight excluding hydrogens is 402 g/mol. The standard InChI is InChI=1S/C22H28ClN5O2/c1-15(2)22(3,17-9-10-18(23)25-14-17)21-27-20(30-28-21)16-7-5-6-8-19(26-13-16)24-11-12-29-4/h6,8-10,13-15H,5,7,11-12H2,1-4H3,(H,24,26). The molecule has 0 radical (unpaired) electrons. The lowest BCUT2D eigenvalue weighted by Crippen LogP contribution is -2.31. The molecule has 3 heterocycles. The monoisotopic (exact) mass is 429 g/mol. The molecule has 7 nitrogen and oxygen atoms in total. The number of nitrogens with zero attached hydrogens (tertiary/aromatic N) is 4. The van der Waals surface area contributed by atoms with Gasteiger partial charge in [-0.1, -0.05) is 42.7 Å². The van der Waals surface area contributed by atoms with E-state index in [0.29, 0.717) is 30.0 Å². The molecule has 1 unspecified atom stereocenters. The third-order valence-corrected chi connectivity index (χ3v) is 5.70. The predicted molar refractivity (Wildman–Crippen MR) is 119 cm³/mol. The number of aromatic nitrogens is 3. The number of aliphatic imine (C=N–C) groups is 1. The number of allylic oxidation sites excluding steroid dienone is 2. The number of rotatable bonds is 7. The van der Waals surface area contributed by atoms with Crippen LogP contribution >= 0.6 is 11.6 Å². The van der Waals surface area contributed by atoms with Crippen molar-refractivity contribution in [3.05, 3.63) is 59.1 Å². The summed E-state index contributed by atoms with van der Waals surface area (Å²) < 4.78 is 10.7. The van der Waals surface area contributed by atoms with Gasteiger partial charge in [-0.15, -0.1) is 0 Å². The average molecular weight is 430 g/mol. The molecule has 0 saturated heterocycles. The smallest absolute Gasteiger partial charge is 0.255 e. The Balaban J connectivity index is 1.87. The lowest BCUT2D eigenvalue weighted by molar-refractivity contribution is 0.208. The SMILES string of the molecule is COCCN=C1C=CCCC(c2nc(C(C)(c3ccc(Cl)nc3)C(C)C)no2)=CN1.